The van der Waals surface area contributed by atoms with Crippen LogP contribution in [-0.4, -0.2) is 22.0 Å². The van der Waals surface area contributed by atoms with Gasteiger partial charge < -0.3 is 9.72 Å². The highest BCUT2D eigenvalue weighted by Gasteiger charge is 2.19. The van der Waals surface area contributed by atoms with Crippen LogP contribution in [0.3, 0.4) is 0 Å². The number of esters is 1. The van der Waals surface area contributed by atoms with Gasteiger partial charge in [-0.25, -0.2) is 9.78 Å². The molecule has 4 nitrogen and oxygen atoms in total. The fourth-order valence-electron chi connectivity index (χ4n) is 3.85. The summed E-state index contributed by atoms with van der Waals surface area (Å²) in [5.74, 6) is -0.409. The molecule has 3 aromatic carbocycles. The summed E-state index contributed by atoms with van der Waals surface area (Å²) < 4.78 is 5.44. The van der Waals surface area contributed by atoms with E-state index in [0.717, 1.165) is 43.8 Å². The van der Waals surface area contributed by atoms with Crippen LogP contribution in [0.1, 0.15) is 24.3 Å². The number of aromatic nitrogens is 2. The highest BCUT2D eigenvalue weighted by atomic mass is 16.5. The number of carbonyl (C=O) groups is 1. The van der Waals surface area contributed by atoms with Crippen molar-refractivity contribution in [3.63, 3.8) is 0 Å². The van der Waals surface area contributed by atoms with E-state index < -0.39 is 5.97 Å². The van der Waals surface area contributed by atoms with Gasteiger partial charge in [0.25, 0.3) is 0 Å². The van der Waals surface area contributed by atoms with Gasteiger partial charge in [0, 0.05) is 21.9 Å². The molecular weight excluding hydrogens is 360 g/mol. The summed E-state index contributed by atoms with van der Waals surface area (Å²) in [7, 11) is 0. The molecule has 0 atom stereocenters. The van der Waals surface area contributed by atoms with Crippen molar-refractivity contribution in [1.29, 1.82) is 0 Å². The van der Waals surface area contributed by atoms with Crippen LogP contribution in [0.15, 0.2) is 72.8 Å². The number of nitrogens with zero attached hydrogens (tertiary/aromatic N) is 1. The van der Waals surface area contributed by atoms with Gasteiger partial charge in [-0.2, -0.15) is 0 Å². The zero-order valence-electron chi connectivity index (χ0n) is 16.3. The monoisotopic (exact) mass is 380 g/mol. The number of nitrogens with one attached hydrogen (secondary N) is 1. The van der Waals surface area contributed by atoms with Crippen LogP contribution in [0.5, 0.6) is 0 Å². The molecule has 5 aromatic rings. The number of ether oxygens (including phenoxy) is 1. The molecule has 2 heterocycles. The molecule has 0 saturated heterocycles. The minimum absolute atomic E-state index is 0.205. The van der Waals surface area contributed by atoms with E-state index in [4.69, 9.17) is 9.72 Å². The summed E-state index contributed by atoms with van der Waals surface area (Å²) in [4.78, 5) is 21.0. The molecule has 2 aromatic heterocycles. The predicted octanol–water partition coefficient (Wildman–Crippen LogP) is 6.10. The van der Waals surface area contributed by atoms with Gasteiger partial charge in [-0.05, 0) is 36.8 Å². The third kappa shape index (κ3) is 2.93. The molecule has 0 bridgehead atoms. The van der Waals surface area contributed by atoms with Gasteiger partial charge in [-0.1, -0.05) is 60.7 Å². The number of para-hydroxylation sites is 1. The van der Waals surface area contributed by atoms with E-state index in [1.54, 1.807) is 0 Å². The number of hydrogen-bond donors (Lipinski definition) is 1. The molecule has 29 heavy (non-hydrogen) atoms. The lowest BCUT2D eigenvalue weighted by molar-refractivity contribution is 0.0371. The zero-order chi connectivity index (χ0) is 20.0. The van der Waals surface area contributed by atoms with Crippen LogP contribution in [-0.2, 0) is 4.74 Å². The first-order chi connectivity index (χ1) is 14.1. The third-order valence-electron chi connectivity index (χ3n) is 5.09. The van der Waals surface area contributed by atoms with Gasteiger partial charge in [0.05, 0.1) is 17.3 Å². The van der Waals surface area contributed by atoms with E-state index in [1.165, 1.54) is 0 Å². The van der Waals surface area contributed by atoms with Crippen molar-refractivity contribution < 1.29 is 9.53 Å². The van der Waals surface area contributed by atoms with Gasteiger partial charge in [0.15, 0.2) is 0 Å². The number of hydrogen-bond acceptors (Lipinski definition) is 3. The van der Waals surface area contributed by atoms with Crippen molar-refractivity contribution >= 4 is 38.5 Å². The summed E-state index contributed by atoms with van der Waals surface area (Å²) in [6, 6.07) is 24.3. The standard InChI is InChI=1S/C25H20N2O2/c1-15(2)29-25(28)22-14-20-18-11-5-6-13-21(18)26-24(20)23(27-22)19-12-7-9-16-8-3-4-10-17(16)19/h3-15,26H,1-2H3. The van der Waals surface area contributed by atoms with Crippen LogP contribution in [0, 0.1) is 0 Å². The first kappa shape index (κ1) is 17.4. The number of benzene rings is 3. The number of rotatable bonds is 3. The van der Waals surface area contributed by atoms with Gasteiger partial charge in [-0.15, -0.1) is 0 Å². The lowest BCUT2D eigenvalue weighted by Gasteiger charge is -2.11. The van der Waals surface area contributed by atoms with Crippen molar-refractivity contribution in [2.45, 2.75) is 20.0 Å². The Kier molecular flexibility index (Phi) is 4.06. The van der Waals surface area contributed by atoms with Gasteiger partial charge >= 0.3 is 5.97 Å². The van der Waals surface area contributed by atoms with Crippen LogP contribution in [0.4, 0.5) is 0 Å². The second-order valence-corrected chi connectivity index (χ2v) is 7.43. The Hall–Kier alpha value is -3.66. The lowest BCUT2D eigenvalue weighted by Crippen LogP contribution is -2.13. The quantitative estimate of drug-likeness (QED) is 0.385. The largest absolute Gasteiger partial charge is 0.458 e. The van der Waals surface area contributed by atoms with Crippen molar-refractivity contribution in [1.82, 2.24) is 9.97 Å². The molecular formula is C25H20N2O2. The third-order valence-corrected chi connectivity index (χ3v) is 5.09. The summed E-state index contributed by atoms with van der Waals surface area (Å²) in [5.41, 5.74) is 3.99. The van der Waals surface area contributed by atoms with Crippen LogP contribution < -0.4 is 0 Å². The molecule has 0 amide bonds. The van der Waals surface area contributed by atoms with E-state index in [1.807, 2.05) is 62.4 Å². The van der Waals surface area contributed by atoms with E-state index in [-0.39, 0.29) is 6.10 Å². The maximum atomic E-state index is 12.7. The second kappa shape index (κ2) is 6.74. The number of carbonyl (C=O) groups excluding carboxylic acids is 1. The van der Waals surface area contributed by atoms with Gasteiger partial charge in [0.1, 0.15) is 5.69 Å². The smallest absolute Gasteiger partial charge is 0.357 e. The Bertz CT molecular complexity index is 1380. The van der Waals surface area contributed by atoms with Crippen LogP contribution in [0.25, 0.3) is 43.8 Å². The van der Waals surface area contributed by atoms with Crippen molar-refractivity contribution in [2.24, 2.45) is 0 Å². The van der Waals surface area contributed by atoms with E-state index in [9.17, 15) is 4.79 Å². The molecule has 0 aliphatic carbocycles. The topological polar surface area (TPSA) is 55.0 Å². The van der Waals surface area contributed by atoms with Crippen LogP contribution >= 0.6 is 0 Å². The maximum absolute atomic E-state index is 12.7. The predicted molar refractivity (Wildman–Crippen MR) is 117 cm³/mol. The zero-order valence-corrected chi connectivity index (χ0v) is 16.3. The van der Waals surface area contributed by atoms with E-state index >= 15 is 0 Å². The summed E-state index contributed by atoms with van der Waals surface area (Å²) in [5, 5.41) is 4.25. The first-order valence-corrected chi connectivity index (χ1v) is 9.72. The molecule has 0 spiro atoms. The lowest BCUT2D eigenvalue weighted by atomic mass is 10.00. The summed E-state index contributed by atoms with van der Waals surface area (Å²) >= 11 is 0. The molecule has 142 valence electrons. The van der Waals surface area contributed by atoms with E-state index in [0.29, 0.717) is 5.69 Å². The highest BCUT2D eigenvalue weighted by molar-refractivity contribution is 6.14. The highest BCUT2D eigenvalue weighted by Crippen LogP contribution is 2.35. The number of fused-ring (bicyclic) bond motifs is 4. The van der Waals surface area contributed by atoms with Crippen molar-refractivity contribution in [2.75, 3.05) is 0 Å². The fraction of sp³-hybridized carbons (Fsp3) is 0.120. The maximum Gasteiger partial charge on any atom is 0.357 e. The average molecular weight is 380 g/mol. The summed E-state index contributed by atoms with van der Waals surface area (Å²) in [6.07, 6.45) is -0.205. The molecule has 0 aliphatic rings. The molecule has 0 radical (unpaired) electrons. The normalized spacial score (nSPS) is 11.6. The fourth-order valence-corrected chi connectivity index (χ4v) is 3.85. The number of H-pyrrole nitrogens is 1. The molecule has 0 saturated carbocycles. The van der Waals surface area contributed by atoms with Gasteiger partial charge in [-0.3, -0.25) is 0 Å². The second-order valence-electron chi connectivity index (χ2n) is 7.43. The molecule has 1 N–H and O–H groups in total. The Labute approximate surface area is 168 Å². The van der Waals surface area contributed by atoms with Crippen molar-refractivity contribution in [3.8, 4) is 11.3 Å². The van der Waals surface area contributed by atoms with Gasteiger partial charge in [0.2, 0.25) is 0 Å². The van der Waals surface area contributed by atoms with E-state index in [2.05, 4.69) is 29.2 Å². The Balaban J connectivity index is 1.87. The molecule has 5 rings (SSSR count). The van der Waals surface area contributed by atoms with Crippen LogP contribution in [0.2, 0.25) is 0 Å². The minimum Gasteiger partial charge on any atom is -0.458 e. The number of pyridine rings is 1. The number of aromatic amines is 1. The SMILES string of the molecule is CC(C)OC(=O)c1cc2c([nH]c3ccccc32)c(-c2cccc3ccccc23)n1. The Morgan fingerprint density at radius 1 is 0.897 bits per heavy atom. The Morgan fingerprint density at radius 3 is 2.45 bits per heavy atom. The Morgan fingerprint density at radius 2 is 1.62 bits per heavy atom. The average Bonchev–Trinajstić information content (AvgIpc) is 3.11. The minimum atomic E-state index is -0.409. The first-order valence-electron chi connectivity index (χ1n) is 9.72. The molecule has 0 aliphatic heterocycles. The molecule has 0 fully saturated rings. The van der Waals surface area contributed by atoms with Crippen molar-refractivity contribution in [3.05, 3.63) is 78.5 Å². The summed E-state index contributed by atoms with van der Waals surface area (Å²) in [6.45, 7) is 3.68. The molecule has 0 unspecified atom stereocenters. The molecule has 4 heteroatoms.